The summed E-state index contributed by atoms with van der Waals surface area (Å²) in [6, 6.07) is 19.6. The van der Waals surface area contributed by atoms with Crippen molar-refractivity contribution in [1.29, 1.82) is 0 Å². The first-order chi connectivity index (χ1) is 12.3. The van der Waals surface area contributed by atoms with E-state index in [2.05, 4.69) is 95.5 Å². The average Bonchev–Trinajstić information content (AvgIpc) is 3.02. The lowest BCUT2D eigenvalue weighted by Gasteiger charge is -2.25. The minimum Gasteiger partial charge on any atom is -0.351 e. The molecule has 1 aliphatic heterocycles. The lowest BCUT2D eigenvalue weighted by Crippen LogP contribution is -2.27. The molecule has 0 bridgehead atoms. The fourth-order valence-electron chi connectivity index (χ4n) is 3.47. The highest BCUT2D eigenvalue weighted by Crippen LogP contribution is 2.20. The topological polar surface area (TPSA) is 8.17 Å². The molecule has 1 aliphatic rings. The maximum Gasteiger partial charge on any atom is 0.0478 e. The molecule has 0 fully saturated rings. The quantitative estimate of drug-likeness (QED) is 0.652. The van der Waals surface area contributed by atoms with Gasteiger partial charge in [-0.3, -0.25) is 4.90 Å². The van der Waals surface area contributed by atoms with Crippen LogP contribution in [-0.4, -0.2) is 22.6 Å². The van der Waals surface area contributed by atoms with Crippen LogP contribution in [0.4, 0.5) is 0 Å². The Morgan fingerprint density at radius 3 is 2.68 bits per heavy atom. The van der Waals surface area contributed by atoms with E-state index in [0.717, 1.165) is 26.1 Å². The molecule has 1 aromatic heterocycles. The summed E-state index contributed by atoms with van der Waals surface area (Å²) in [5, 5.41) is 1.30. The molecule has 2 aromatic carbocycles. The third kappa shape index (κ3) is 3.75. The number of nitrogens with zero attached hydrogens (tertiary/aromatic N) is 2. The summed E-state index contributed by atoms with van der Waals surface area (Å²) in [6.45, 7) is 3.20. The molecule has 0 saturated carbocycles. The molecular weight excluding hydrogens is 304 g/mol. The van der Waals surface area contributed by atoms with Crippen molar-refractivity contribution in [3.05, 3.63) is 89.6 Å². The number of rotatable bonds is 4. The Hall–Kier alpha value is -2.58. The van der Waals surface area contributed by atoms with Crippen molar-refractivity contribution >= 4 is 17.0 Å². The highest BCUT2D eigenvalue weighted by atomic mass is 15.1. The smallest absolute Gasteiger partial charge is 0.0478 e. The monoisotopic (exact) mass is 328 g/mol. The van der Waals surface area contributed by atoms with Crippen molar-refractivity contribution in [2.45, 2.75) is 13.0 Å². The number of fused-ring (bicyclic) bond motifs is 1. The minimum atomic E-state index is 1.03. The van der Waals surface area contributed by atoms with Gasteiger partial charge in [-0.15, -0.1) is 0 Å². The number of hydrogen-bond acceptors (Lipinski definition) is 1. The lowest BCUT2D eigenvalue weighted by atomic mass is 10.0. The number of aryl methyl sites for hydroxylation is 1. The number of aromatic nitrogens is 1. The van der Waals surface area contributed by atoms with Crippen LogP contribution in [0.25, 0.3) is 17.0 Å². The SMILES string of the molecule is Cn1ccc2cc(C=CC3=CCN(Cc4ccccc4)CC3)ccc21. The van der Waals surface area contributed by atoms with E-state index in [1.165, 1.54) is 27.6 Å². The summed E-state index contributed by atoms with van der Waals surface area (Å²) >= 11 is 0. The van der Waals surface area contributed by atoms with Crippen LogP contribution in [0.15, 0.2) is 78.5 Å². The van der Waals surface area contributed by atoms with Crippen molar-refractivity contribution in [3.8, 4) is 0 Å². The molecule has 4 rings (SSSR count). The van der Waals surface area contributed by atoms with E-state index in [-0.39, 0.29) is 0 Å². The second-order valence-corrected chi connectivity index (χ2v) is 6.83. The van der Waals surface area contributed by atoms with E-state index >= 15 is 0 Å². The number of allylic oxidation sites excluding steroid dienone is 1. The second kappa shape index (κ2) is 7.12. The van der Waals surface area contributed by atoms with Gasteiger partial charge in [0.2, 0.25) is 0 Å². The average molecular weight is 328 g/mol. The predicted octanol–water partition coefficient (Wildman–Crippen LogP) is 5.02. The second-order valence-electron chi connectivity index (χ2n) is 6.83. The molecule has 2 heterocycles. The minimum absolute atomic E-state index is 1.03. The summed E-state index contributed by atoms with van der Waals surface area (Å²) in [5.74, 6) is 0. The zero-order chi connectivity index (χ0) is 17.1. The van der Waals surface area contributed by atoms with Gasteiger partial charge < -0.3 is 4.57 Å². The summed E-state index contributed by atoms with van der Waals surface area (Å²) < 4.78 is 2.16. The van der Waals surface area contributed by atoms with Gasteiger partial charge in [0.15, 0.2) is 0 Å². The Labute approximate surface area is 149 Å². The zero-order valence-electron chi connectivity index (χ0n) is 14.7. The molecule has 2 nitrogen and oxygen atoms in total. The fourth-order valence-corrected chi connectivity index (χ4v) is 3.47. The van der Waals surface area contributed by atoms with Gasteiger partial charge >= 0.3 is 0 Å². The molecule has 25 heavy (non-hydrogen) atoms. The van der Waals surface area contributed by atoms with E-state index in [4.69, 9.17) is 0 Å². The molecule has 0 atom stereocenters. The van der Waals surface area contributed by atoms with Crippen LogP contribution in [0, 0.1) is 0 Å². The molecular formula is C23H24N2. The first kappa shape index (κ1) is 15.9. The summed E-state index contributed by atoms with van der Waals surface area (Å²) in [4.78, 5) is 2.50. The molecule has 3 aromatic rings. The maximum absolute atomic E-state index is 2.50. The first-order valence-electron chi connectivity index (χ1n) is 8.96. The number of benzene rings is 2. The van der Waals surface area contributed by atoms with Gasteiger partial charge in [0.1, 0.15) is 0 Å². The molecule has 0 unspecified atom stereocenters. The van der Waals surface area contributed by atoms with Crippen molar-refractivity contribution in [2.24, 2.45) is 7.05 Å². The Balaban J connectivity index is 1.40. The van der Waals surface area contributed by atoms with Crippen LogP contribution in [0.1, 0.15) is 17.5 Å². The van der Waals surface area contributed by atoms with Crippen LogP contribution in [0.2, 0.25) is 0 Å². The van der Waals surface area contributed by atoms with E-state index in [0.29, 0.717) is 0 Å². The highest BCUT2D eigenvalue weighted by molar-refractivity contribution is 5.82. The van der Waals surface area contributed by atoms with Gasteiger partial charge in [0, 0.05) is 43.8 Å². The number of hydrogen-bond donors (Lipinski definition) is 0. The van der Waals surface area contributed by atoms with Crippen LogP contribution in [-0.2, 0) is 13.6 Å². The van der Waals surface area contributed by atoms with Crippen molar-refractivity contribution in [2.75, 3.05) is 13.1 Å². The summed E-state index contributed by atoms with van der Waals surface area (Å²) in [5.41, 5.74) is 5.39. The molecule has 0 saturated heterocycles. The molecule has 0 radical (unpaired) electrons. The summed E-state index contributed by atoms with van der Waals surface area (Å²) in [7, 11) is 2.09. The molecule has 0 aliphatic carbocycles. The Kier molecular flexibility index (Phi) is 4.53. The Morgan fingerprint density at radius 1 is 1.00 bits per heavy atom. The molecule has 2 heteroatoms. The zero-order valence-corrected chi connectivity index (χ0v) is 14.7. The Morgan fingerprint density at radius 2 is 1.88 bits per heavy atom. The lowest BCUT2D eigenvalue weighted by molar-refractivity contribution is 0.287. The molecule has 0 spiro atoms. The standard InChI is InChI=1S/C23H24N2/c1-24-14-13-22-17-20(9-10-23(22)24)8-7-19-11-15-25(16-12-19)18-21-5-3-2-4-6-21/h2-11,13-14,17H,12,15-16,18H2,1H3. The van der Waals surface area contributed by atoms with Gasteiger partial charge in [0.25, 0.3) is 0 Å². The van der Waals surface area contributed by atoms with E-state index in [1.807, 2.05) is 0 Å². The highest BCUT2D eigenvalue weighted by Gasteiger charge is 2.10. The van der Waals surface area contributed by atoms with Gasteiger partial charge in [-0.05, 0) is 41.3 Å². The van der Waals surface area contributed by atoms with Crippen molar-refractivity contribution in [3.63, 3.8) is 0 Å². The Bertz CT molecular complexity index is 916. The van der Waals surface area contributed by atoms with Gasteiger partial charge in [-0.1, -0.05) is 54.6 Å². The third-order valence-electron chi connectivity index (χ3n) is 4.98. The predicted molar refractivity (Wildman–Crippen MR) is 106 cm³/mol. The van der Waals surface area contributed by atoms with Gasteiger partial charge in [0.05, 0.1) is 0 Å². The normalized spacial score (nSPS) is 15.8. The van der Waals surface area contributed by atoms with Crippen LogP contribution >= 0.6 is 0 Å². The van der Waals surface area contributed by atoms with Gasteiger partial charge in [-0.2, -0.15) is 0 Å². The largest absolute Gasteiger partial charge is 0.351 e. The third-order valence-corrected chi connectivity index (χ3v) is 4.98. The van der Waals surface area contributed by atoms with E-state index in [9.17, 15) is 0 Å². The van der Waals surface area contributed by atoms with Gasteiger partial charge in [-0.25, -0.2) is 0 Å². The molecule has 0 N–H and O–H groups in total. The van der Waals surface area contributed by atoms with Crippen LogP contribution in [0.5, 0.6) is 0 Å². The van der Waals surface area contributed by atoms with E-state index in [1.54, 1.807) is 0 Å². The van der Waals surface area contributed by atoms with Crippen LogP contribution < -0.4 is 0 Å². The van der Waals surface area contributed by atoms with Crippen molar-refractivity contribution < 1.29 is 0 Å². The first-order valence-corrected chi connectivity index (χ1v) is 8.96. The van der Waals surface area contributed by atoms with Crippen LogP contribution in [0.3, 0.4) is 0 Å². The molecule has 126 valence electrons. The maximum atomic E-state index is 2.50. The summed E-state index contributed by atoms with van der Waals surface area (Å²) in [6.07, 6.45) is 10.1. The fraction of sp³-hybridized carbons (Fsp3) is 0.217. The van der Waals surface area contributed by atoms with Crippen molar-refractivity contribution in [1.82, 2.24) is 9.47 Å². The van der Waals surface area contributed by atoms with E-state index < -0.39 is 0 Å². The molecule has 0 amide bonds.